The molecule has 1 nitrogen and oxygen atoms in total. The third-order valence-corrected chi connectivity index (χ3v) is 3.12. The quantitative estimate of drug-likeness (QED) is 0.520. The zero-order valence-corrected chi connectivity index (χ0v) is 18.9. The predicted molar refractivity (Wildman–Crippen MR) is 120 cm³/mol. The number of hydrogen-bond donors (Lipinski definition) is 0. The average molecular weight is 366 g/mol. The zero-order chi connectivity index (χ0) is 20.3. The molecule has 0 amide bonds. The number of aryl methyl sites for hydroxylation is 2. The fourth-order valence-corrected chi connectivity index (χ4v) is 1.69. The summed E-state index contributed by atoms with van der Waals surface area (Å²) < 4.78 is 0. The Balaban J connectivity index is -0.000000305. The first-order valence-corrected chi connectivity index (χ1v) is 9.89. The Morgan fingerprint density at radius 3 is 1.40 bits per heavy atom. The van der Waals surface area contributed by atoms with Crippen LogP contribution in [0.15, 0.2) is 48.5 Å². The average Bonchev–Trinajstić information content (AvgIpc) is 2.69. The lowest BCUT2D eigenvalue weighted by Gasteiger charge is -2.11. The van der Waals surface area contributed by atoms with Crippen LogP contribution in [0.4, 0.5) is 5.69 Å². The molecule has 0 bridgehead atoms. The van der Waals surface area contributed by atoms with Crippen molar-refractivity contribution < 1.29 is 0 Å². The first kappa shape index (κ1) is 28.3. The summed E-state index contributed by atoms with van der Waals surface area (Å²) in [5, 5.41) is 0.801. The monoisotopic (exact) mass is 365 g/mol. The molecular weight excluding hydrogens is 326 g/mol. The van der Waals surface area contributed by atoms with Crippen molar-refractivity contribution in [1.82, 2.24) is 0 Å². The van der Waals surface area contributed by atoms with Gasteiger partial charge in [-0.3, -0.25) is 0 Å². The third kappa shape index (κ3) is 15.8. The van der Waals surface area contributed by atoms with Crippen LogP contribution in [0, 0.1) is 6.92 Å². The summed E-state index contributed by atoms with van der Waals surface area (Å²) in [5.41, 5.74) is 3.91. The summed E-state index contributed by atoms with van der Waals surface area (Å²) in [6.45, 7) is 16.2. The highest BCUT2D eigenvalue weighted by atomic mass is 35.5. The minimum absolute atomic E-state index is 0.801. The molecule has 0 N–H and O–H groups in total. The molecule has 0 aromatic heterocycles. The molecule has 2 rings (SSSR count). The van der Waals surface area contributed by atoms with E-state index in [0.29, 0.717) is 0 Å². The van der Waals surface area contributed by atoms with Crippen molar-refractivity contribution in [2.45, 2.75) is 61.8 Å². The van der Waals surface area contributed by atoms with Crippen LogP contribution in [0.25, 0.3) is 0 Å². The van der Waals surface area contributed by atoms with Crippen molar-refractivity contribution in [3.8, 4) is 0 Å². The summed E-state index contributed by atoms with van der Waals surface area (Å²) in [5.74, 6) is 0. The van der Waals surface area contributed by atoms with E-state index in [1.165, 1.54) is 16.8 Å². The lowest BCUT2D eigenvalue weighted by atomic mass is 10.1. The maximum absolute atomic E-state index is 5.61. The Labute approximate surface area is 163 Å². The molecule has 2 heteroatoms. The highest BCUT2D eigenvalue weighted by molar-refractivity contribution is 6.30. The van der Waals surface area contributed by atoms with Gasteiger partial charge in [0, 0.05) is 24.8 Å². The maximum atomic E-state index is 5.61. The van der Waals surface area contributed by atoms with Crippen LogP contribution < -0.4 is 4.90 Å². The van der Waals surface area contributed by atoms with Crippen LogP contribution in [-0.2, 0) is 6.42 Å². The van der Waals surface area contributed by atoms with Crippen molar-refractivity contribution in [3.63, 3.8) is 0 Å². The molecule has 0 unspecified atom stereocenters. The number of halogens is 1. The Morgan fingerprint density at radius 2 is 1.12 bits per heavy atom. The minimum Gasteiger partial charge on any atom is -0.378 e. The maximum Gasteiger partial charge on any atom is 0.0406 e. The Kier molecular flexibility index (Phi) is 23.3. The second-order valence-electron chi connectivity index (χ2n) is 4.71. The van der Waals surface area contributed by atoms with E-state index < -0.39 is 0 Å². The largest absolute Gasteiger partial charge is 0.378 e. The second-order valence-corrected chi connectivity index (χ2v) is 5.15. The van der Waals surface area contributed by atoms with E-state index in [1.54, 1.807) is 0 Å². The standard InChI is InChI=1S/C10H15N.C7H7Cl.3C2H6/c1-4-9-5-7-10(8-6-9)11(2)3;1-6-2-4-7(8)5-3-6;3*1-2/h5-8H,4H2,1-3H3;2-5H,1H3;3*1-2H3. The van der Waals surface area contributed by atoms with Gasteiger partial charge in [-0.1, -0.05) is 89.9 Å². The molecular formula is C23H40ClN. The van der Waals surface area contributed by atoms with Crippen molar-refractivity contribution in [1.29, 1.82) is 0 Å². The molecule has 0 aliphatic rings. The van der Waals surface area contributed by atoms with Gasteiger partial charge in [0.15, 0.2) is 0 Å². The summed E-state index contributed by atoms with van der Waals surface area (Å²) in [6, 6.07) is 16.4. The molecule has 0 saturated heterocycles. The van der Waals surface area contributed by atoms with Gasteiger partial charge in [0.25, 0.3) is 0 Å². The van der Waals surface area contributed by atoms with Gasteiger partial charge in [-0.25, -0.2) is 0 Å². The van der Waals surface area contributed by atoms with Crippen molar-refractivity contribution in [3.05, 3.63) is 64.7 Å². The van der Waals surface area contributed by atoms with E-state index in [1.807, 2.05) is 72.7 Å². The molecule has 0 spiro atoms. The first-order chi connectivity index (χ1) is 12.0. The molecule has 0 saturated carbocycles. The molecule has 2 aromatic carbocycles. The lowest BCUT2D eigenvalue weighted by molar-refractivity contribution is 1.11. The minimum atomic E-state index is 0.801. The molecule has 25 heavy (non-hydrogen) atoms. The Bertz CT molecular complexity index is 451. The van der Waals surface area contributed by atoms with Crippen molar-refractivity contribution in [2.75, 3.05) is 19.0 Å². The van der Waals surface area contributed by atoms with Gasteiger partial charge < -0.3 is 4.90 Å². The van der Waals surface area contributed by atoms with Crippen LogP contribution >= 0.6 is 11.6 Å². The van der Waals surface area contributed by atoms with Gasteiger partial charge in [0.05, 0.1) is 0 Å². The van der Waals surface area contributed by atoms with Crippen molar-refractivity contribution in [2.24, 2.45) is 0 Å². The number of hydrogen-bond acceptors (Lipinski definition) is 1. The van der Waals surface area contributed by atoms with Crippen LogP contribution in [0.3, 0.4) is 0 Å². The van der Waals surface area contributed by atoms with E-state index in [0.717, 1.165) is 11.4 Å². The van der Waals surface area contributed by atoms with Crippen LogP contribution in [0.5, 0.6) is 0 Å². The summed E-state index contributed by atoms with van der Waals surface area (Å²) in [7, 11) is 4.11. The number of anilines is 1. The summed E-state index contributed by atoms with van der Waals surface area (Å²) in [6.07, 6.45) is 1.12. The van der Waals surface area contributed by atoms with Crippen LogP contribution in [0.1, 0.15) is 59.6 Å². The summed E-state index contributed by atoms with van der Waals surface area (Å²) >= 11 is 5.61. The lowest BCUT2D eigenvalue weighted by Crippen LogP contribution is -2.08. The van der Waals surface area contributed by atoms with Crippen LogP contribution in [0.2, 0.25) is 5.02 Å². The van der Waals surface area contributed by atoms with E-state index >= 15 is 0 Å². The fraction of sp³-hybridized carbons (Fsp3) is 0.478. The Hall–Kier alpha value is -1.47. The van der Waals surface area contributed by atoms with E-state index in [9.17, 15) is 0 Å². The van der Waals surface area contributed by atoms with E-state index in [2.05, 4.69) is 50.2 Å². The molecule has 0 aliphatic carbocycles. The number of nitrogens with zero attached hydrogens (tertiary/aromatic N) is 1. The smallest absolute Gasteiger partial charge is 0.0406 e. The molecule has 0 fully saturated rings. The highest BCUT2D eigenvalue weighted by Crippen LogP contribution is 2.12. The van der Waals surface area contributed by atoms with Gasteiger partial charge >= 0.3 is 0 Å². The van der Waals surface area contributed by atoms with Gasteiger partial charge in [-0.05, 0) is 43.2 Å². The highest BCUT2D eigenvalue weighted by Gasteiger charge is 1.92. The molecule has 0 radical (unpaired) electrons. The van der Waals surface area contributed by atoms with Gasteiger partial charge in [0.2, 0.25) is 0 Å². The zero-order valence-electron chi connectivity index (χ0n) is 18.2. The first-order valence-electron chi connectivity index (χ1n) is 9.51. The Morgan fingerprint density at radius 1 is 0.720 bits per heavy atom. The second kappa shape index (κ2) is 20.6. The van der Waals surface area contributed by atoms with Gasteiger partial charge in [-0.15, -0.1) is 0 Å². The molecule has 2 aromatic rings. The normalized spacial score (nSPS) is 7.96. The van der Waals surface area contributed by atoms with Crippen LogP contribution in [-0.4, -0.2) is 14.1 Å². The van der Waals surface area contributed by atoms with Crippen molar-refractivity contribution >= 4 is 17.3 Å². The molecule has 0 heterocycles. The van der Waals surface area contributed by atoms with Gasteiger partial charge in [0.1, 0.15) is 0 Å². The summed E-state index contributed by atoms with van der Waals surface area (Å²) in [4.78, 5) is 2.11. The topological polar surface area (TPSA) is 3.24 Å². The molecule has 0 aliphatic heterocycles. The number of benzene rings is 2. The van der Waals surface area contributed by atoms with Gasteiger partial charge in [-0.2, -0.15) is 0 Å². The third-order valence-electron chi connectivity index (χ3n) is 2.87. The van der Waals surface area contributed by atoms with E-state index in [4.69, 9.17) is 11.6 Å². The molecule has 0 atom stereocenters. The predicted octanol–water partition coefficient (Wildman–Crippen LogP) is 8.04. The SMILES string of the molecule is CC.CC.CC.CCc1ccc(N(C)C)cc1.Cc1ccc(Cl)cc1. The fourth-order valence-electron chi connectivity index (χ4n) is 1.56. The number of rotatable bonds is 2. The molecule has 144 valence electrons. The van der Waals surface area contributed by atoms with E-state index in [-0.39, 0.29) is 0 Å².